The number of carbonyl (C=O) groups excluding carboxylic acids is 1. The van der Waals surface area contributed by atoms with Crippen molar-refractivity contribution in [3.63, 3.8) is 0 Å². The molecule has 0 N–H and O–H groups in total. The van der Waals surface area contributed by atoms with Crippen LogP contribution in [0, 0.1) is 0 Å². The highest BCUT2D eigenvalue weighted by molar-refractivity contribution is 7.78. The van der Waals surface area contributed by atoms with Crippen LogP contribution in [0.2, 0.25) is 0 Å². The number of thiocarbonyl (C=S) groups is 1. The molecular formula is C11H19NO2S. The predicted octanol–water partition coefficient (Wildman–Crippen LogP) is 2.99. The fraction of sp³-hybridized carbons (Fsp3) is 0.818. The molecule has 0 aliphatic rings. The minimum absolute atomic E-state index is 0.0807. The Morgan fingerprint density at radius 1 is 1.27 bits per heavy atom. The number of hydrogen-bond acceptors (Lipinski definition) is 4. The first-order chi connectivity index (χ1) is 7.31. The van der Waals surface area contributed by atoms with Crippen molar-refractivity contribution in [2.24, 2.45) is 4.99 Å². The van der Waals surface area contributed by atoms with Crippen LogP contribution in [-0.2, 0) is 9.53 Å². The molecule has 0 aliphatic heterocycles. The van der Waals surface area contributed by atoms with Crippen molar-refractivity contribution in [1.29, 1.82) is 0 Å². The predicted molar refractivity (Wildman–Crippen MR) is 64.2 cm³/mol. The number of isothiocyanates is 1. The molecule has 0 fully saturated rings. The number of ether oxygens (including phenoxy) is 1. The zero-order chi connectivity index (χ0) is 11.4. The summed E-state index contributed by atoms with van der Waals surface area (Å²) in [6, 6.07) is 0. The number of hydrogen-bond donors (Lipinski definition) is 0. The largest absolute Gasteiger partial charge is 0.466 e. The molecule has 0 heterocycles. The minimum atomic E-state index is -0.0807. The second kappa shape index (κ2) is 11.3. The van der Waals surface area contributed by atoms with Crippen molar-refractivity contribution >= 4 is 23.3 Å². The van der Waals surface area contributed by atoms with Crippen LogP contribution < -0.4 is 0 Å². The molecule has 0 bridgehead atoms. The Hall–Kier alpha value is -0.730. The summed E-state index contributed by atoms with van der Waals surface area (Å²) in [5.74, 6) is -0.0807. The average Bonchev–Trinajstić information content (AvgIpc) is 2.22. The molecule has 0 spiro atoms. The van der Waals surface area contributed by atoms with Crippen LogP contribution in [0.1, 0.15) is 45.4 Å². The standard InChI is InChI=1S/C11H19NO2S/c1-2-14-11(13)8-6-4-3-5-7-9-12-10-15/h2-9H2,1H3. The van der Waals surface area contributed by atoms with Crippen LogP contribution in [0.15, 0.2) is 4.99 Å². The van der Waals surface area contributed by atoms with Gasteiger partial charge in [-0.2, -0.15) is 0 Å². The van der Waals surface area contributed by atoms with Gasteiger partial charge in [-0.25, -0.2) is 4.99 Å². The fourth-order valence-electron chi connectivity index (χ4n) is 1.27. The van der Waals surface area contributed by atoms with E-state index in [-0.39, 0.29) is 5.97 Å². The van der Waals surface area contributed by atoms with Crippen molar-refractivity contribution in [3.8, 4) is 0 Å². The molecule has 0 radical (unpaired) electrons. The van der Waals surface area contributed by atoms with Gasteiger partial charge in [0.05, 0.1) is 11.8 Å². The Bertz CT molecular complexity index is 213. The smallest absolute Gasteiger partial charge is 0.305 e. The van der Waals surface area contributed by atoms with Crippen molar-refractivity contribution < 1.29 is 9.53 Å². The van der Waals surface area contributed by atoms with Gasteiger partial charge < -0.3 is 4.74 Å². The lowest BCUT2D eigenvalue weighted by Gasteiger charge is -2.01. The fourth-order valence-corrected chi connectivity index (χ4v) is 1.36. The maximum Gasteiger partial charge on any atom is 0.305 e. The maximum absolute atomic E-state index is 11.0. The Morgan fingerprint density at radius 2 is 1.93 bits per heavy atom. The molecule has 0 aromatic carbocycles. The zero-order valence-electron chi connectivity index (χ0n) is 9.33. The summed E-state index contributed by atoms with van der Waals surface area (Å²) in [6.07, 6.45) is 5.90. The van der Waals surface area contributed by atoms with Gasteiger partial charge in [0.25, 0.3) is 0 Å². The molecule has 3 nitrogen and oxygen atoms in total. The van der Waals surface area contributed by atoms with E-state index in [0.717, 1.165) is 38.6 Å². The number of nitrogens with zero attached hydrogens (tertiary/aromatic N) is 1. The average molecular weight is 229 g/mol. The van der Waals surface area contributed by atoms with Crippen LogP contribution in [0.4, 0.5) is 0 Å². The Kier molecular flexibility index (Phi) is 10.8. The van der Waals surface area contributed by atoms with Gasteiger partial charge in [-0.15, -0.1) is 0 Å². The highest BCUT2D eigenvalue weighted by Crippen LogP contribution is 2.06. The number of unbranched alkanes of at least 4 members (excludes halogenated alkanes) is 4. The van der Waals surface area contributed by atoms with Gasteiger partial charge in [-0.05, 0) is 32.0 Å². The normalized spacial score (nSPS) is 9.40. The van der Waals surface area contributed by atoms with E-state index >= 15 is 0 Å². The van der Waals surface area contributed by atoms with Gasteiger partial charge in [0.15, 0.2) is 0 Å². The summed E-state index contributed by atoms with van der Waals surface area (Å²) in [5, 5.41) is 2.35. The number of aliphatic imine (C=N–C) groups is 1. The van der Waals surface area contributed by atoms with E-state index < -0.39 is 0 Å². The van der Waals surface area contributed by atoms with Gasteiger partial charge in [-0.1, -0.05) is 19.3 Å². The summed E-state index contributed by atoms with van der Waals surface area (Å²) in [6.45, 7) is 3.09. The van der Waals surface area contributed by atoms with Crippen LogP contribution in [0.5, 0.6) is 0 Å². The molecule has 0 aromatic rings. The summed E-state index contributed by atoms with van der Waals surface area (Å²) in [7, 11) is 0. The molecule has 0 unspecified atom stereocenters. The first-order valence-corrected chi connectivity index (χ1v) is 5.91. The van der Waals surface area contributed by atoms with Crippen molar-refractivity contribution in [3.05, 3.63) is 0 Å². The molecule has 0 saturated carbocycles. The van der Waals surface area contributed by atoms with Gasteiger partial charge in [-0.3, -0.25) is 4.79 Å². The van der Waals surface area contributed by atoms with E-state index in [1.54, 1.807) is 0 Å². The van der Waals surface area contributed by atoms with Crippen LogP contribution >= 0.6 is 12.2 Å². The van der Waals surface area contributed by atoms with Gasteiger partial charge in [0.1, 0.15) is 0 Å². The number of rotatable bonds is 9. The molecule has 0 aromatic heterocycles. The van der Waals surface area contributed by atoms with Gasteiger partial charge in [0, 0.05) is 13.0 Å². The summed E-state index contributed by atoms with van der Waals surface area (Å²) < 4.78 is 4.83. The van der Waals surface area contributed by atoms with E-state index in [2.05, 4.69) is 22.4 Å². The molecule has 0 saturated heterocycles. The third-order valence-corrected chi connectivity index (χ3v) is 2.15. The summed E-state index contributed by atoms with van der Waals surface area (Å²) in [4.78, 5) is 14.8. The first-order valence-electron chi connectivity index (χ1n) is 5.50. The first kappa shape index (κ1) is 14.3. The third kappa shape index (κ3) is 11.2. The molecular weight excluding hydrogens is 210 g/mol. The molecule has 0 rings (SSSR count). The SMILES string of the molecule is CCOC(=O)CCCCCCCN=C=S. The second-order valence-electron chi connectivity index (χ2n) is 3.30. The highest BCUT2D eigenvalue weighted by atomic mass is 32.1. The monoisotopic (exact) mass is 229 g/mol. The molecule has 86 valence electrons. The molecule has 0 atom stereocenters. The van der Waals surface area contributed by atoms with Crippen molar-refractivity contribution in [2.75, 3.05) is 13.2 Å². The van der Waals surface area contributed by atoms with Crippen LogP contribution in [0.3, 0.4) is 0 Å². The molecule has 4 heteroatoms. The Labute approximate surface area is 96.9 Å². The number of carbonyl (C=O) groups is 1. The lowest BCUT2D eigenvalue weighted by Crippen LogP contribution is -2.03. The lowest BCUT2D eigenvalue weighted by molar-refractivity contribution is -0.143. The topological polar surface area (TPSA) is 38.7 Å². The molecule has 0 amide bonds. The van der Waals surface area contributed by atoms with E-state index in [1.165, 1.54) is 0 Å². The highest BCUT2D eigenvalue weighted by Gasteiger charge is 2.00. The lowest BCUT2D eigenvalue weighted by atomic mass is 10.1. The van der Waals surface area contributed by atoms with E-state index in [4.69, 9.17) is 4.74 Å². The molecule has 15 heavy (non-hydrogen) atoms. The summed E-state index contributed by atoms with van der Waals surface area (Å²) >= 11 is 4.46. The number of esters is 1. The molecule has 0 aliphatic carbocycles. The minimum Gasteiger partial charge on any atom is -0.466 e. The van der Waals surface area contributed by atoms with E-state index in [9.17, 15) is 4.79 Å². The Balaban J connectivity index is 3.10. The quantitative estimate of drug-likeness (QED) is 0.264. The van der Waals surface area contributed by atoms with Crippen LogP contribution in [-0.4, -0.2) is 24.3 Å². The van der Waals surface area contributed by atoms with Crippen LogP contribution in [0.25, 0.3) is 0 Å². The zero-order valence-corrected chi connectivity index (χ0v) is 10.1. The maximum atomic E-state index is 11.0. The third-order valence-electron chi connectivity index (χ3n) is 2.02. The van der Waals surface area contributed by atoms with E-state index in [0.29, 0.717) is 13.0 Å². The van der Waals surface area contributed by atoms with Crippen molar-refractivity contribution in [2.45, 2.75) is 45.4 Å². The van der Waals surface area contributed by atoms with Crippen molar-refractivity contribution in [1.82, 2.24) is 0 Å². The summed E-state index contributed by atoms with van der Waals surface area (Å²) in [5.41, 5.74) is 0. The second-order valence-corrected chi connectivity index (χ2v) is 3.48. The Morgan fingerprint density at radius 3 is 2.60 bits per heavy atom. The van der Waals surface area contributed by atoms with Gasteiger partial charge in [0.2, 0.25) is 0 Å². The van der Waals surface area contributed by atoms with E-state index in [1.807, 2.05) is 6.92 Å². The van der Waals surface area contributed by atoms with Gasteiger partial charge >= 0.3 is 5.97 Å².